The Morgan fingerprint density at radius 1 is 1.24 bits per heavy atom. The zero-order valence-electron chi connectivity index (χ0n) is 12.3. The van der Waals surface area contributed by atoms with Crippen LogP contribution in [0.1, 0.15) is 44.3 Å². The molecule has 0 fully saturated rings. The number of hydrogen-bond acceptors (Lipinski definition) is 4. The molecule has 116 valence electrons. The van der Waals surface area contributed by atoms with Gasteiger partial charge >= 0.3 is 12.0 Å². The van der Waals surface area contributed by atoms with E-state index in [2.05, 4.69) is 10.6 Å². The second kappa shape index (κ2) is 7.47. The Hall–Kier alpha value is -2.31. The maximum Gasteiger partial charge on any atom is 0.322 e. The fourth-order valence-electron chi connectivity index (χ4n) is 1.85. The Balaban J connectivity index is 2.39. The molecule has 0 saturated heterocycles. The lowest BCUT2D eigenvalue weighted by Gasteiger charge is -2.13. The molecular formula is C14H20N2O5. The van der Waals surface area contributed by atoms with E-state index in [-0.39, 0.29) is 24.8 Å². The predicted molar refractivity (Wildman–Crippen MR) is 74.6 cm³/mol. The van der Waals surface area contributed by atoms with E-state index in [1.54, 1.807) is 32.9 Å². The molecule has 1 aromatic rings. The summed E-state index contributed by atoms with van der Waals surface area (Å²) in [7, 11) is 0. The molecule has 21 heavy (non-hydrogen) atoms. The first kappa shape index (κ1) is 16.7. The number of imide groups is 1. The summed E-state index contributed by atoms with van der Waals surface area (Å²) in [5.41, 5.74) is 0. The SMILES string of the molecule is Cc1ccc(C(C)NC(=O)NC(=O)CC(C)CC(=O)O)o1. The molecule has 2 unspecified atom stereocenters. The van der Waals surface area contributed by atoms with Gasteiger partial charge in [-0.25, -0.2) is 4.79 Å². The van der Waals surface area contributed by atoms with Crippen LogP contribution in [0.3, 0.4) is 0 Å². The molecule has 3 amide bonds. The lowest BCUT2D eigenvalue weighted by molar-refractivity contribution is -0.138. The van der Waals surface area contributed by atoms with Crippen LogP contribution in [-0.2, 0) is 9.59 Å². The summed E-state index contributed by atoms with van der Waals surface area (Å²) >= 11 is 0. The van der Waals surface area contributed by atoms with Crippen LogP contribution in [0.5, 0.6) is 0 Å². The van der Waals surface area contributed by atoms with Crippen LogP contribution in [0.25, 0.3) is 0 Å². The van der Waals surface area contributed by atoms with E-state index >= 15 is 0 Å². The van der Waals surface area contributed by atoms with Gasteiger partial charge in [0.15, 0.2) is 0 Å². The molecule has 0 spiro atoms. The standard InChI is InChI=1S/C14H20N2O5/c1-8(7-13(18)19)6-12(17)16-14(20)15-10(3)11-5-4-9(2)21-11/h4-5,8,10H,6-7H2,1-3H3,(H,18,19)(H2,15,16,17,20). The topological polar surface area (TPSA) is 109 Å². The molecule has 7 heteroatoms. The summed E-state index contributed by atoms with van der Waals surface area (Å²) in [6, 6.07) is 2.52. The highest BCUT2D eigenvalue weighted by atomic mass is 16.4. The summed E-state index contributed by atoms with van der Waals surface area (Å²) in [5.74, 6) is -0.488. The van der Waals surface area contributed by atoms with Crippen LogP contribution < -0.4 is 10.6 Å². The number of nitrogens with one attached hydrogen (secondary N) is 2. The predicted octanol–water partition coefficient (Wildman–Crippen LogP) is 1.98. The first-order valence-electron chi connectivity index (χ1n) is 6.66. The van der Waals surface area contributed by atoms with Crippen LogP contribution in [0.4, 0.5) is 4.79 Å². The van der Waals surface area contributed by atoms with Gasteiger partial charge in [-0.05, 0) is 31.9 Å². The summed E-state index contributed by atoms with van der Waals surface area (Å²) in [6.45, 7) is 5.17. The number of amides is 3. The Kier molecular flexibility index (Phi) is 5.95. The van der Waals surface area contributed by atoms with Crippen molar-refractivity contribution in [1.29, 1.82) is 0 Å². The molecule has 0 bridgehead atoms. The van der Waals surface area contributed by atoms with Gasteiger partial charge in [-0.1, -0.05) is 6.92 Å². The Bertz CT molecular complexity index is 523. The van der Waals surface area contributed by atoms with Crippen molar-refractivity contribution in [1.82, 2.24) is 10.6 Å². The molecule has 0 saturated carbocycles. The van der Waals surface area contributed by atoms with Crippen LogP contribution in [-0.4, -0.2) is 23.0 Å². The number of furan rings is 1. The van der Waals surface area contributed by atoms with Gasteiger partial charge in [-0.2, -0.15) is 0 Å². The number of carboxylic acids is 1. The van der Waals surface area contributed by atoms with Crippen LogP contribution in [0.2, 0.25) is 0 Å². The zero-order valence-corrected chi connectivity index (χ0v) is 12.3. The number of aryl methyl sites for hydroxylation is 1. The molecule has 0 aromatic carbocycles. The van der Waals surface area contributed by atoms with Crippen molar-refractivity contribution in [3.63, 3.8) is 0 Å². The van der Waals surface area contributed by atoms with Gasteiger partial charge in [-0.3, -0.25) is 14.9 Å². The zero-order chi connectivity index (χ0) is 16.0. The third-order valence-corrected chi connectivity index (χ3v) is 2.85. The van der Waals surface area contributed by atoms with Crippen molar-refractivity contribution < 1.29 is 23.9 Å². The monoisotopic (exact) mass is 296 g/mol. The van der Waals surface area contributed by atoms with Crippen molar-refractivity contribution in [3.05, 3.63) is 23.7 Å². The molecule has 1 rings (SSSR count). The molecule has 2 atom stereocenters. The van der Waals surface area contributed by atoms with Crippen molar-refractivity contribution >= 4 is 17.9 Å². The first-order chi connectivity index (χ1) is 9.77. The molecule has 0 radical (unpaired) electrons. The number of urea groups is 1. The van der Waals surface area contributed by atoms with E-state index in [1.807, 2.05) is 0 Å². The average Bonchev–Trinajstić information content (AvgIpc) is 2.73. The fourth-order valence-corrected chi connectivity index (χ4v) is 1.85. The normalized spacial score (nSPS) is 13.3. The number of rotatable bonds is 6. The summed E-state index contributed by atoms with van der Waals surface area (Å²) in [6.07, 6.45) is -0.134. The highest BCUT2D eigenvalue weighted by Gasteiger charge is 2.17. The Morgan fingerprint density at radius 2 is 1.90 bits per heavy atom. The molecule has 0 aliphatic carbocycles. The average molecular weight is 296 g/mol. The maximum atomic E-state index is 11.6. The molecular weight excluding hydrogens is 276 g/mol. The lowest BCUT2D eigenvalue weighted by atomic mass is 10.0. The number of carbonyl (C=O) groups excluding carboxylic acids is 2. The van der Waals surface area contributed by atoms with Gasteiger partial charge < -0.3 is 14.8 Å². The van der Waals surface area contributed by atoms with Crippen LogP contribution in [0.15, 0.2) is 16.5 Å². The smallest absolute Gasteiger partial charge is 0.322 e. The van der Waals surface area contributed by atoms with Crippen LogP contribution in [0, 0.1) is 12.8 Å². The highest BCUT2D eigenvalue weighted by Crippen LogP contribution is 2.15. The van der Waals surface area contributed by atoms with E-state index < -0.39 is 17.9 Å². The minimum Gasteiger partial charge on any atom is -0.481 e. The molecule has 3 N–H and O–H groups in total. The van der Waals surface area contributed by atoms with E-state index in [1.165, 1.54) is 0 Å². The maximum absolute atomic E-state index is 11.6. The third-order valence-electron chi connectivity index (χ3n) is 2.85. The van der Waals surface area contributed by atoms with Crippen molar-refractivity contribution in [2.75, 3.05) is 0 Å². The number of hydrogen-bond donors (Lipinski definition) is 3. The highest BCUT2D eigenvalue weighted by molar-refractivity contribution is 5.94. The van der Waals surface area contributed by atoms with Gasteiger partial charge in [0.05, 0.1) is 6.04 Å². The van der Waals surface area contributed by atoms with E-state index in [0.717, 1.165) is 5.76 Å². The second-order valence-corrected chi connectivity index (χ2v) is 5.10. The van der Waals surface area contributed by atoms with Gasteiger partial charge in [0, 0.05) is 12.8 Å². The fraction of sp³-hybridized carbons (Fsp3) is 0.500. The number of aliphatic carboxylic acids is 1. The van der Waals surface area contributed by atoms with Gasteiger partial charge in [-0.15, -0.1) is 0 Å². The summed E-state index contributed by atoms with van der Waals surface area (Å²) in [4.78, 5) is 33.7. The Labute approximate surface area is 122 Å². The minimum absolute atomic E-state index is 0.0199. The molecule has 1 aromatic heterocycles. The quantitative estimate of drug-likeness (QED) is 0.743. The first-order valence-corrected chi connectivity index (χ1v) is 6.66. The minimum atomic E-state index is -0.971. The number of carboxylic acid groups (broad SMARTS) is 1. The van der Waals surface area contributed by atoms with Crippen molar-refractivity contribution in [3.8, 4) is 0 Å². The van der Waals surface area contributed by atoms with Crippen molar-refractivity contribution in [2.24, 2.45) is 5.92 Å². The molecule has 0 aliphatic heterocycles. The lowest BCUT2D eigenvalue weighted by Crippen LogP contribution is -2.41. The molecule has 0 aliphatic rings. The Morgan fingerprint density at radius 3 is 2.43 bits per heavy atom. The number of carbonyl (C=O) groups is 3. The largest absolute Gasteiger partial charge is 0.481 e. The second-order valence-electron chi connectivity index (χ2n) is 5.10. The summed E-state index contributed by atoms with van der Waals surface area (Å²) < 4.78 is 5.37. The molecule has 7 nitrogen and oxygen atoms in total. The van der Waals surface area contributed by atoms with Gasteiger partial charge in [0.2, 0.25) is 5.91 Å². The molecule has 1 heterocycles. The van der Waals surface area contributed by atoms with Gasteiger partial charge in [0.1, 0.15) is 11.5 Å². The van der Waals surface area contributed by atoms with E-state index in [4.69, 9.17) is 9.52 Å². The third kappa shape index (κ3) is 6.11. The summed E-state index contributed by atoms with van der Waals surface area (Å²) in [5, 5.41) is 13.3. The van der Waals surface area contributed by atoms with E-state index in [9.17, 15) is 14.4 Å². The van der Waals surface area contributed by atoms with Crippen LogP contribution >= 0.6 is 0 Å². The van der Waals surface area contributed by atoms with Crippen molar-refractivity contribution in [2.45, 2.75) is 39.7 Å². The van der Waals surface area contributed by atoms with E-state index in [0.29, 0.717) is 5.76 Å². The van der Waals surface area contributed by atoms with Gasteiger partial charge in [0.25, 0.3) is 0 Å².